The monoisotopic (exact) mass is 1160 g/mol. The van der Waals surface area contributed by atoms with Gasteiger partial charge in [0, 0.05) is 48.2 Å². The van der Waals surface area contributed by atoms with Crippen molar-refractivity contribution in [3.8, 4) is 0 Å². The van der Waals surface area contributed by atoms with Crippen LogP contribution >= 0.6 is 0 Å². The molecule has 0 saturated carbocycles. The van der Waals surface area contributed by atoms with E-state index in [0.717, 1.165) is 14.7 Å². The third-order valence-electron chi connectivity index (χ3n) is 15.3. The minimum Gasteiger partial charge on any atom is -0.390 e. The minimum atomic E-state index is -1.59. The number of primary amides is 1. The molecule has 0 bridgehead atoms. The second-order valence-corrected chi connectivity index (χ2v) is 24.4. The van der Waals surface area contributed by atoms with Gasteiger partial charge in [-0.25, -0.2) is 0 Å². The molecule has 0 saturated heterocycles. The number of hydrogen-bond donors (Lipinski definition) is 6. The predicted octanol–water partition coefficient (Wildman–Crippen LogP) is 2.52. The molecule has 0 aromatic rings. The van der Waals surface area contributed by atoms with Crippen LogP contribution in [0.15, 0.2) is 12.2 Å². The summed E-state index contributed by atoms with van der Waals surface area (Å²) in [5.41, 5.74) is 5.37. The molecule has 11 amide bonds. The first-order valence-electron chi connectivity index (χ1n) is 29.1. The number of carbonyl (C=O) groups excluding carboxylic acids is 11. The number of amides is 11. The maximum atomic E-state index is 15.0. The second-order valence-electron chi connectivity index (χ2n) is 24.4. The first kappa shape index (κ1) is 75.9. The molecule has 23 nitrogen and oxygen atoms in total. The van der Waals surface area contributed by atoms with Crippen LogP contribution < -0.4 is 27.0 Å². The van der Waals surface area contributed by atoms with E-state index in [1.54, 1.807) is 53.7 Å². The minimum absolute atomic E-state index is 0.0342. The van der Waals surface area contributed by atoms with Gasteiger partial charge in [-0.2, -0.15) is 0 Å². The van der Waals surface area contributed by atoms with E-state index in [0.29, 0.717) is 12.8 Å². The molecule has 0 aromatic carbocycles. The molecular formula is C59H107N11O12. The van der Waals surface area contributed by atoms with Crippen molar-refractivity contribution < 1.29 is 57.8 Å². The van der Waals surface area contributed by atoms with Crippen LogP contribution in [-0.2, 0) is 52.7 Å². The number of hydrogen-bond acceptors (Lipinski definition) is 12. The Bertz CT molecular complexity index is 2200. The molecule has 0 aliphatic heterocycles. The van der Waals surface area contributed by atoms with Crippen LogP contribution in [0.2, 0.25) is 0 Å². The Kier molecular flexibility index (Phi) is 32.5. The molecule has 0 fully saturated rings. The van der Waals surface area contributed by atoms with E-state index in [4.69, 9.17) is 5.73 Å². The zero-order valence-electron chi connectivity index (χ0n) is 53.9. The quantitative estimate of drug-likeness (QED) is 0.0507. The number of likely N-dealkylation sites (N-methyl/N-ethyl adjacent to an activating group) is 6. The third-order valence-corrected chi connectivity index (χ3v) is 15.3. The highest BCUT2D eigenvalue weighted by atomic mass is 16.3. The van der Waals surface area contributed by atoms with Crippen LogP contribution in [0.3, 0.4) is 0 Å². The Labute approximate surface area is 490 Å². The summed E-state index contributed by atoms with van der Waals surface area (Å²) in [5.74, 6) is -8.68. The second kappa shape index (κ2) is 35.1. The smallest absolute Gasteiger partial charge is 0.246 e. The maximum absolute atomic E-state index is 15.0. The first-order chi connectivity index (χ1) is 37.7. The van der Waals surface area contributed by atoms with Crippen molar-refractivity contribution in [2.24, 2.45) is 47.2 Å². The van der Waals surface area contributed by atoms with Crippen molar-refractivity contribution in [2.75, 3.05) is 48.8 Å². The van der Waals surface area contributed by atoms with Crippen LogP contribution in [0, 0.1) is 41.4 Å². The number of carbonyl (C=O) groups is 11. The summed E-state index contributed by atoms with van der Waals surface area (Å²) < 4.78 is 0. The molecule has 1 unspecified atom stereocenters. The highest BCUT2D eigenvalue weighted by molar-refractivity contribution is 5.98. The Morgan fingerprint density at radius 2 is 0.939 bits per heavy atom. The Morgan fingerprint density at radius 3 is 1.38 bits per heavy atom. The van der Waals surface area contributed by atoms with Gasteiger partial charge in [0.05, 0.1) is 12.6 Å². The van der Waals surface area contributed by atoms with Crippen LogP contribution in [0.4, 0.5) is 0 Å². The van der Waals surface area contributed by atoms with E-state index in [2.05, 4.69) is 21.3 Å². The Balaban J connectivity index is 7.00. The van der Waals surface area contributed by atoms with Gasteiger partial charge in [-0.3, -0.25) is 52.7 Å². The fourth-order valence-corrected chi connectivity index (χ4v) is 9.32. The topological polar surface area (TPSA) is 302 Å². The number of nitrogens with two attached hydrogens (primary N) is 1. The molecule has 0 aliphatic carbocycles. The summed E-state index contributed by atoms with van der Waals surface area (Å²) in [6, 6.07) is -10.5. The standard InChI is InChI=1S/C59H107N11O12/c1-24-26-27-37(13)49(72)48(54(77)63-42(25-2)56(79)65(18)31-46(71)66(19)41(17)50(60)73)70(23)59(82)47(36(11)12)69(22)58(81)45(30-34(7)8)68(21)57(80)44(29-33(5)6)67(20)55(78)40(16)62-52(75)39(15)61-53(76)43(28-32(3)4)64-51(74)38(14)35(9)10/h24,26,32-45,47-49,72H,25,27-31H2,1-23H3,(H2,60,73)(H,61,76)(H,62,75)(H,63,77)(H,64,74)/b26-24+/t37-,38-,39-,40+,41-,42+,43-,44-,45-,47+,48?,49+/m1/s1. The molecule has 0 rings (SSSR count). The molecule has 82 heavy (non-hydrogen) atoms. The Hall–Kier alpha value is -6.13. The molecule has 0 aliphatic rings. The molecule has 12 atom stereocenters. The lowest BCUT2D eigenvalue weighted by atomic mass is 9.91. The van der Waals surface area contributed by atoms with Crippen molar-refractivity contribution >= 4 is 65.0 Å². The SMILES string of the molecule is C/C=C/C[C@@H](C)[C@H](O)C(C(=O)N[C@@H](CC)C(=O)N(C)CC(=O)N(C)[C@H](C)C(N)=O)N(C)C(=O)[C@H](C(C)C)N(C)C(=O)[C@@H](CC(C)C)N(C)C(=O)[C@@H](CC(C)C)N(C)C(=O)[C@H](C)NC(=O)[C@@H](C)NC(=O)[C@@H](CC(C)C)NC(=O)[C@H](C)C(C)C. The van der Waals surface area contributed by atoms with Gasteiger partial charge in [0.25, 0.3) is 0 Å². The lowest BCUT2D eigenvalue weighted by Gasteiger charge is -2.41. The molecule has 0 heterocycles. The average Bonchev–Trinajstić information content (AvgIpc) is 3.39. The average molecular weight is 1160 g/mol. The van der Waals surface area contributed by atoms with Gasteiger partial charge in [-0.05, 0) is 95.3 Å². The summed E-state index contributed by atoms with van der Waals surface area (Å²) >= 11 is 0. The normalized spacial score (nSPS) is 16.1. The van der Waals surface area contributed by atoms with Gasteiger partial charge in [0.1, 0.15) is 54.4 Å². The van der Waals surface area contributed by atoms with Gasteiger partial charge >= 0.3 is 0 Å². The van der Waals surface area contributed by atoms with Crippen LogP contribution in [0.1, 0.15) is 150 Å². The molecule has 470 valence electrons. The zero-order chi connectivity index (χ0) is 64.1. The van der Waals surface area contributed by atoms with Gasteiger partial charge in [0.2, 0.25) is 65.0 Å². The van der Waals surface area contributed by atoms with Crippen LogP contribution in [-0.4, -0.2) is 209 Å². The van der Waals surface area contributed by atoms with Crippen molar-refractivity contribution in [1.82, 2.24) is 50.7 Å². The first-order valence-corrected chi connectivity index (χ1v) is 29.1. The zero-order valence-corrected chi connectivity index (χ0v) is 53.9. The molecule has 7 N–H and O–H groups in total. The number of allylic oxidation sites excluding steroid dienone is 2. The summed E-state index contributed by atoms with van der Waals surface area (Å²) in [4.78, 5) is 159. The molecule has 0 aromatic heterocycles. The number of nitrogens with one attached hydrogen (secondary N) is 4. The van der Waals surface area contributed by atoms with E-state index < -0.39 is 138 Å². The van der Waals surface area contributed by atoms with Gasteiger partial charge in [0.15, 0.2) is 0 Å². The van der Waals surface area contributed by atoms with E-state index >= 15 is 9.59 Å². The number of aliphatic hydroxyl groups is 1. The summed E-state index contributed by atoms with van der Waals surface area (Å²) in [6.07, 6.45) is 3.09. The van der Waals surface area contributed by atoms with Gasteiger partial charge in [-0.1, -0.05) is 102 Å². The molecule has 0 spiro atoms. The van der Waals surface area contributed by atoms with Crippen molar-refractivity contribution in [3.05, 3.63) is 12.2 Å². The van der Waals surface area contributed by atoms with Crippen molar-refractivity contribution in [1.29, 1.82) is 0 Å². The van der Waals surface area contributed by atoms with E-state index in [-0.39, 0.29) is 54.8 Å². The van der Waals surface area contributed by atoms with Crippen LogP contribution in [0.25, 0.3) is 0 Å². The lowest BCUT2D eigenvalue weighted by molar-refractivity contribution is -0.157. The maximum Gasteiger partial charge on any atom is 0.246 e. The van der Waals surface area contributed by atoms with E-state index in [9.17, 15) is 48.3 Å². The highest BCUT2D eigenvalue weighted by Gasteiger charge is 2.45. The number of rotatable bonds is 34. The molecule has 23 heteroatoms. The lowest BCUT2D eigenvalue weighted by Crippen LogP contribution is -2.63. The summed E-state index contributed by atoms with van der Waals surface area (Å²) in [5, 5.41) is 22.8. The fourth-order valence-electron chi connectivity index (χ4n) is 9.32. The summed E-state index contributed by atoms with van der Waals surface area (Å²) in [7, 11) is 8.39. The molecule has 0 radical (unpaired) electrons. The van der Waals surface area contributed by atoms with Gasteiger partial charge in [-0.15, -0.1) is 0 Å². The van der Waals surface area contributed by atoms with Crippen molar-refractivity contribution in [3.63, 3.8) is 0 Å². The van der Waals surface area contributed by atoms with Crippen molar-refractivity contribution in [2.45, 2.75) is 210 Å². The number of aliphatic hydroxyl groups excluding tert-OH is 1. The largest absolute Gasteiger partial charge is 0.390 e. The Morgan fingerprint density at radius 1 is 0.488 bits per heavy atom. The summed E-state index contributed by atoms with van der Waals surface area (Å²) in [6.45, 7) is 29.4. The highest BCUT2D eigenvalue weighted by Crippen LogP contribution is 2.25. The van der Waals surface area contributed by atoms with Gasteiger partial charge < -0.3 is 61.5 Å². The van der Waals surface area contributed by atoms with Crippen LogP contribution in [0.5, 0.6) is 0 Å². The predicted molar refractivity (Wildman–Crippen MR) is 316 cm³/mol. The van der Waals surface area contributed by atoms with E-state index in [1.807, 2.05) is 55.4 Å². The third kappa shape index (κ3) is 22.6. The number of nitrogens with zero attached hydrogens (tertiary/aromatic N) is 6. The van der Waals surface area contributed by atoms with E-state index in [1.165, 1.54) is 77.8 Å². The molecular weight excluding hydrogens is 1050 g/mol. The fraction of sp³-hybridized carbons (Fsp3) is 0.780.